The molecule has 0 aliphatic heterocycles. The Bertz CT molecular complexity index is 309. The lowest BCUT2D eigenvalue weighted by Gasteiger charge is -2.17. The highest BCUT2D eigenvalue weighted by Crippen LogP contribution is 2.50. The lowest BCUT2D eigenvalue weighted by atomic mass is 10.3. The molecular formula is C12H28O8P2. The van der Waals surface area contributed by atoms with Crippen LogP contribution in [0.4, 0.5) is 0 Å². The number of hydrogen-bond donors (Lipinski definition) is 0. The second-order valence-electron chi connectivity index (χ2n) is 3.94. The maximum absolute atomic E-state index is 12.0. The first kappa shape index (κ1) is 22.2. The summed E-state index contributed by atoms with van der Waals surface area (Å²) in [5.74, 6) is 0. The van der Waals surface area contributed by atoms with Crippen molar-refractivity contribution in [1.82, 2.24) is 0 Å². The minimum absolute atomic E-state index is 0.189. The SMILES string of the molecule is CCOP(=O)(OCC)OCCCCOP(=O)(OCC)OCC. The molecule has 0 aromatic carbocycles. The first-order chi connectivity index (χ1) is 10.4. The molecule has 0 heterocycles. The van der Waals surface area contributed by atoms with E-state index >= 15 is 0 Å². The number of phosphoric ester groups is 2. The average molecular weight is 362 g/mol. The number of phosphoric acid groups is 2. The van der Waals surface area contributed by atoms with Crippen LogP contribution < -0.4 is 0 Å². The highest BCUT2D eigenvalue weighted by Gasteiger charge is 2.26. The van der Waals surface area contributed by atoms with Gasteiger partial charge in [-0.15, -0.1) is 0 Å². The van der Waals surface area contributed by atoms with Crippen LogP contribution in [-0.4, -0.2) is 39.6 Å². The summed E-state index contributed by atoms with van der Waals surface area (Å²) in [6, 6.07) is 0. The molecule has 0 spiro atoms. The standard InChI is InChI=1S/C12H28O8P2/c1-5-15-21(13,16-6-2)19-11-9-10-12-20-22(14,17-7-3)18-8-4/h5-12H2,1-4H3. The Morgan fingerprint density at radius 1 is 0.545 bits per heavy atom. The van der Waals surface area contributed by atoms with Gasteiger partial charge in [0.2, 0.25) is 0 Å². The largest absolute Gasteiger partial charge is 0.474 e. The highest BCUT2D eigenvalue weighted by atomic mass is 31.2. The van der Waals surface area contributed by atoms with E-state index in [1.807, 2.05) is 0 Å². The van der Waals surface area contributed by atoms with Crippen molar-refractivity contribution in [2.24, 2.45) is 0 Å². The fourth-order valence-electron chi connectivity index (χ4n) is 1.41. The van der Waals surface area contributed by atoms with Gasteiger partial charge in [-0.25, -0.2) is 9.13 Å². The second-order valence-corrected chi connectivity index (χ2v) is 7.28. The van der Waals surface area contributed by atoms with Crippen molar-refractivity contribution in [2.75, 3.05) is 39.6 Å². The summed E-state index contributed by atoms with van der Waals surface area (Å²) in [6.07, 6.45) is 1.09. The van der Waals surface area contributed by atoms with E-state index < -0.39 is 15.6 Å². The molecule has 134 valence electrons. The third kappa shape index (κ3) is 10.1. The zero-order valence-electron chi connectivity index (χ0n) is 13.8. The fourth-order valence-corrected chi connectivity index (χ4v) is 3.83. The van der Waals surface area contributed by atoms with E-state index in [-0.39, 0.29) is 39.6 Å². The van der Waals surface area contributed by atoms with E-state index in [0.29, 0.717) is 12.8 Å². The lowest BCUT2D eigenvalue weighted by Crippen LogP contribution is -2.04. The Morgan fingerprint density at radius 2 is 0.818 bits per heavy atom. The number of unbranched alkanes of at least 4 members (excludes halogenated alkanes) is 1. The Balaban J connectivity index is 3.96. The zero-order chi connectivity index (χ0) is 16.9. The third-order valence-corrected chi connectivity index (χ3v) is 5.48. The molecule has 0 N–H and O–H groups in total. The van der Waals surface area contributed by atoms with Crippen LogP contribution in [0, 0.1) is 0 Å². The van der Waals surface area contributed by atoms with Crippen molar-refractivity contribution in [2.45, 2.75) is 40.5 Å². The summed E-state index contributed by atoms with van der Waals surface area (Å²) < 4.78 is 54.3. The monoisotopic (exact) mass is 362 g/mol. The van der Waals surface area contributed by atoms with Gasteiger partial charge < -0.3 is 0 Å². The van der Waals surface area contributed by atoms with Gasteiger partial charge in [0.25, 0.3) is 0 Å². The molecule has 0 fully saturated rings. The van der Waals surface area contributed by atoms with Crippen molar-refractivity contribution in [3.8, 4) is 0 Å². The van der Waals surface area contributed by atoms with Crippen LogP contribution in [0.25, 0.3) is 0 Å². The summed E-state index contributed by atoms with van der Waals surface area (Å²) in [6.45, 7) is 8.19. The normalized spacial score (nSPS) is 12.7. The topological polar surface area (TPSA) is 89.5 Å². The molecule has 0 saturated carbocycles. The molecule has 0 aromatic rings. The van der Waals surface area contributed by atoms with Crippen molar-refractivity contribution >= 4 is 15.6 Å². The van der Waals surface area contributed by atoms with Crippen LogP contribution in [0.5, 0.6) is 0 Å². The van der Waals surface area contributed by atoms with Gasteiger partial charge >= 0.3 is 15.6 Å². The molecule has 0 rings (SSSR count). The van der Waals surface area contributed by atoms with E-state index in [4.69, 9.17) is 27.1 Å². The van der Waals surface area contributed by atoms with Crippen molar-refractivity contribution in [3.05, 3.63) is 0 Å². The molecule has 22 heavy (non-hydrogen) atoms. The first-order valence-electron chi connectivity index (χ1n) is 7.52. The molecule has 0 bridgehead atoms. The zero-order valence-corrected chi connectivity index (χ0v) is 15.6. The lowest BCUT2D eigenvalue weighted by molar-refractivity contribution is 0.107. The summed E-state index contributed by atoms with van der Waals surface area (Å²) in [4.78, 5) is 0. The molecule has 8 nitrogen and oxygen atoms in total. The summed E-state index contributed by atoms with van der Waals surface area (Å²) in [7, 11) is -6.93. The van der Waals surface area contributed by atoms with Crippen LogP contribution in [-0.2, 0) is 36.3 Å². The molecule has 0 unspecified atom stereocenters. The highest BCUT2D eigenvalue weighted by molar-refractivity contribution is 7.48. The van der Waals surface area contributed by atoms with Gasteiger partial charge in [-0.1, -0.05) is 0 Å². The van der Waals surface area contributed by atoms with Crippen molar-refractivity contribution in [1.29, 1.82) is 0 Å². The molecule has 0 saturated heterocycles. The van der Waals surface area contributed by atoms with Crippen LogP contribution in [0.1, 0.15) is 40.5 Å². The Hall–Kier alpha value is 0.220. The number of rotatable bonds is 15. The third-order valence-electron chi connectivity index (χ3n) is 2.19. The van der Waals surface area contributed by atoms with E-state index in [0.717, 1.165) is 0 Å². The summed E-state index contributed by atoms with van der Waals surface area (Å²) in [5.41, 5.74) is 0. The van der Waals surface area contributed by atoms with Gasteiger partial charge in [0.15, 0.2) is 0 Å². The molecule has 0 aromatic heterocycles. The average Bonchev–Trinajstić information content (AvgIpc) is 2.44. The molecule has 0 amide bonds. The van der Waals surface area contributed by atoms with E-state index in [1.54, 1.807) is 27.7 Å². The Kier molecular flexibility index (Phi) is 12.7. The molecule has 0 aliphatic carbocycles. The van der Waals surface area contributed by atoms with Gasteiger partial charge in [0.05, 0.1) is 39.6 Å². The van der Waals surface area contributed by atoms with E-state index in [9.17, 15) is 9.13 Å². The van der Waals surface area contributed by atoms with E-state index in [2.05, 4.69) is 0 Å². The predicted octanol–water partition coefficient (Wildman–Crippen LogP) is 4.16. The Morgan fingerprint density at radius 3 is 1.05 bits per heavy atom. The van der Waals surface area contributed by atoms with Gasteiger partial charge in [0, 0.05) is 0 Å². The molecule has 0 aliphatic rings. The maximum Gasteiger partial charge on any atom is 0.474 e. The van der Waals surface area contributed by atoms with Gasteiger partial charge in [-0.2, -0.15) is 0 Å². The first-order valence-corrected chi connectivity index (χ1v) is 10.4. The van der Waals surface area contributed by atoms with E-state index in [1.165, 1.54) is 0 Å². The summed E-state index contributed by atoms with van der Waals surface area (Å²) >= 11 is 0. The van der Waals surface area contributed by atoms with Gasteiger partial charge in [-0.05, 0) is 40.5 Å². The van der Waals surface area contributed by atoms with Crippen LogP contribution in [0.15, 0.2) is 0 Å². The van der Waals surface area contributed by atoms with Gasteiger partial charge in [0.1, 0.15) is 0 Å². The fraction of sp³-hybridized carbons (Fsp3) is 1.00. The Labute approximate surface area is 133 Å². The second kappa shape index (κ2) is 12.6. The molecular weight excluding hydrogens is 334 g/mol. The minimum atomic E-state index is -3.47. The molecule has 10 heteroatoms. The van der Waals surface area contributed by atoms with Gasteiger partial charge in [-0.3, -0.25) is 27.1 Å². The minimum Gasteiger partial charge on any atom is -0.287 e. The van der Waals surface area contributed by atoms with Crippen LogP contribution in [0.2, 0.25) is 0 Å². The molecule has 0 atom stereocenters. The van der Waals surface area contributed by atoms with Crippen LogP contribution in [0.3, 0.4) is 0 Å². The smallest absolute Gasteiger partial charge is 0.287 e. The van der Waals surface area contributed by atoms with Crippen molar-refractivity contribution in [3.63, 3.8) is 0 Å². The van der Waals surface area contributed by atoms with Crippen LogP contribution >= 0.6 is 15.6 Å². The summed E-state index contributed by atoms with van der Waals surface area (Å²) in [5, 5.41) is 0. The van der Waals surface area contributed by atoms with Crippen molar-refractivity contribution < 1.29 is 36.3 Å². The quantitative estimate of drug-likeness (QED) is 0.317. The molecule has 0 radical (unpaired) electrons. The predicted molar refractivity (Wildman–Crippen MR) is 82.9 cm³/mol. The number of hydrogen-bond acceptors (Lipinski definition) is 8. The maximum atomic E-state index is 12.0.